The maximum atomic E-state index is 10.9. The Bertz CT molecular complexity index is 469. The van der Waals surface area contributed by atoms with Crippen LogP contribution in [0.25, 0.3) is 10.4 Å². The zero-order chi connectivity index (χ0) is 12.1. The fraction of sp³-hybridized carbons (Fsp3) is 0.375. The Morgan fingerprint density at radius 1 is 1.62 bits per heavy atom. The first-order valence-electron chi connectivity index (χ1n) is 4.31. The highest BCUT2D eigenvalue weighted by molar-refractivity contribution is 6.30. The summed E-state index contributed by atoms with van der Waals surface area (Å²) in [5.74, 6) is 0. The van der Waals surface area contributed by atoms with Crippen molar-refractivity contribution in [3.63, 3.8) is 0 Å². The molecule has 8 heteroatoms. The highest BCUT2D eigenvalue weighted by Crippen LogP contribution is 2.17. The molecule has 0 spiro atoms. The lowest BCUT2D eigenvalue weighted by atomic mass is 10.1. The van der Waals surface area contributed by atoms with Gasteiger partial charge in [-0.1, -0.05) is 16.7 Å². The van der Waals surface area contributed by atoms with E-state index in [0.29, 0.717) is 0 Å². The van der Waals surface area contributed by atoms with Gasteiger partial charge < -0.3 is 15.2 Å². The van der Waals surface area contributed by atoms with Crippen molar-refractivity contribution in [2.24, 2.45) is 5.11 Å². The van der Waals surface area contributed by atoms with Crippen molar-refractivity contribution in [1.29, 1.82) is 0 Å². The van der Waals surface area contributed by atoms with Gasteiger partial charge in [0.15, 0.2) is 0 Å². The number of halogens is 1. The number of aromatic nitrogens is 1. The van der Waals surface area contributed by atoms with E-state index in [-0.39, 0.29) is 17.1 Å². The number of aliphatic hydroxyl groups excluding tert-OH is 2. The van der Waals surface area contributed by atoms with Crippen LogP contribution in [-0.4, -0.2) is 27.8 Å². The minimum Gasteiger partial charge on any atom is -0.390 e. The van der Waals surface area contributed by atoms with Crippen molar-refractivity contribution >= 4 is 11.6 Å². The summed E-state index contributed by atoms with van der Waals surface area (Å²) in [6.07, 6.45) is -1.30. The second-order valence-corrected chi connectivity index (χ2v) is 3.44. The average Bonchev–Trinajstić information content (AvgIpc) is 2.28. The molecule has 3 N–H and O–H groups in total. The first kappa shape index (κ1) is 12.5. The van der Waals surface area contributed by atoms with Crippen LogP contribution in [0.3, 0.4) is 0 Å². The highest BCUT2D eigenvalue weighted by atomic mass is 35.5. The predicted octanol–water partition coefficient (Wildman–Crippen LogP) is 0.733. The molecule has 16 heavy (non-hydrogen) atoms. The van der Waals surface area contributed by atoms with Gasteiger partial charge in [0, 0.05) is 16.7 Å². The number of azide groups is 1. The Kier molecular flexibility index (Phi) is 4.33. The summed E-state index contributed by atoms with van der Waals surface area (Å²) in [6.45, 7) is -0.269. The lowest BCUT2D eigenvalue weighted by molar-refractivity contribution is 0.0242. The Hall–Kier alpha value is -1.53. The summed E-state index contributed by atoms with van der Waals surface area (Å²) >= 11 is 5.55. The number of pyridine rings is 1. The van der Waals surface area contributed by atoms with Crippen LogP contribution in [0.15, 0.2) is 22.2 Å². The van der Waals surface area contributed by atoms with E-state index in [0.717, 1.165) is 0 Å². The Morgan fingerprint density at radius 2 is 2.31 bits per heavy atom. The van der Waals surface area contributed by atoms with Crippen LogP contribution in [0.5, 0.6) is 0 Å². The number of H-pyrrole nitrogens is 1. The van der Waals surface area contributed by atoms with Gasteiger partial charge >= 0.3 is 0 Å². The second kappa shape index (κ2) is 5.53. The zero-order valence-electron chi connectivity index (χ0n) is 8.04. The van der Waals surface area contributed by atoms with Crippen LogP contribution >= 0.6 is 11.6 Å². The Balaban J connectivity index is 2.87. The summed E-state index contributed by atoms with van der Waals surface area (Å²) in [5, 5.41) is 22.1. The molecule has 1 heterocycles. The molecule has 0 radical (unpaired) electrons. The van der Waals surface area contributed by atoms with Gasteiger partial charge in [0.05, 0.1) is 12.6 Å². The van der Waals surface area contributed by atoms with Crippen LogP contribution in [0.1, 0.15) is 11.7 Å². The third-order valence-electron chi connectivity index (χ3n) is 1.92. The van der Waals surface area contributed by atoms with Crippen molar-refractivity contribution in [1.82, 2.24) is 4.98 Å². The molecule has 2 unspecified atom stereocenters. The minimum atomic E-state index is -1.28. The molecular formula is C8H9ClN4O3. The molecule has 0 aromatic carbocycles. The van der Waals surface area contributed by atoms with Gasteiger partial charge in [0.1, 0.15) is 11.1 Å². The zero-order valence-corrected chi connectivity index (χ0v) is 8.79. The standard InChI is InChI=1S/C8H9ClN4O3/c9-5-1-4(2-11-8(5)16)7(15)6(14)3-12-13-10/h1-2,6-7,14-15H,3H2,(H,11,16). The van der Waals surface area contributed by atoms with Gasteiger partial charge in [-0.15, -0.1) is 0 Å². The molecule has 0 saturated carbocycles. The summed E-state index contributed by atoms with van der Waals surface area (Å²) in [6, 6.07) is 1.24. The average molecular weight is 245 g/mol. The van der Waals surface area contributed by atoms with E-state index < -0.39 is 17.8 Å². The van der Waals surface area contributed by atoms with Crippen molar-refractivity contribution < 1.29 is 10.2 Å². The van der Waals surface area contributed by atoms with Crippen LogP contribution in [-0.2, 0) is 0 Å². The van der Waals surface area contributed by atoms with E-state index in [4.69, 9.17) is 17.1 Å². The fourth-order valence-corrected chi connectivity index (χ4v) is 1.26. The lowest BCUT2D eigenvalue weighted by Gasteiger charge is -2.15. The van der Waals surface area contributed by atoms with Gasteiger partial charge in [0.25, 0.3) is 5.56 Å². The van der Waals surface area contributed by atoms with Gasteiger partial charge in [-0.2, -0.15) is 0 Å². The van der Waals surface area contributed by atoms with E-state index >= 15 is 0 Å². The van der Waals surface area contributed by atoms with E-state index in [2.05, 4.69) is 15.0 Å². The highest BCUT2D eigenvalue weighted by Gasteiger charge is 2.18. The quantitative estimate of drug-likeness (QED) is 0.411. The fourth-order valence-electron chi connectivity index (χ4n) is 1.08. The number of hydrogen-bond donors (Lipinski definition) is 3. The molecule has 0 aliphatic heterocycles. The van der Waals surface area contributed by atoms with Crippen molar-refractivity contribution in [3.8, 4) is 0 Å². The van der Waals surface area contributed by atoms with Crippen LogP contribution < -0.4 is 5.56 Å². The van der Waals surface area contributed by atoms with E-state index in [1.54, 1.807) is 0 Å². The summed E-state index contributed by atoms with van der Waals surface area (Å²) < 4.78 is 0. The number of nitrogens with zero attached hydrogens (tertiary/aromatic N) is 3. The third kappa shape index (κ3) is 2.98. The normalized spacial score (nSPS) is 13.9. The minimum absolute atomic E-state index is 0.0902. The molecule has 0 amide bonds. The summed E-state index contributed by atoms with van der Waals surface area (Å²) in [5.41, 5.74) is 7.80. The molecule has 0 fully saturated rings. The van der Waals surface area contributed by atoms with E-state index in [1.165, 1.54) is 12.3 Å². The molecular weight excluding hydrogens is 236 g/mol. The molecule has 1 aromatic heterocycles. The largest absolute Gasteiger partial charge is 0.390 e. The predicted molar refractivity (Wildman–Crippen MR) is 57.1 cm³/mol. The van der Waals surface area contributed by atoms with Crippen LogP contribution in [0, 0.1) is 0 Å². The van der Waals surface area contributed by atoms with Crippen LogP contribution in [0.4, 0.5) is 0 Å². The second-order valence-electron chi connectivity index (χ2n) is 3.04. The van der Waals surface area contributed by atoms with Crippen molar-refractivity contribution in [3.05, 3.63) is 43.6 Å². The molecule has 2 atom stereocenters. The Labute approximate surface area is 94.9 Å². The van der Waals surface area contributed by atoms with E-state index in [1.807, 2.05) is 0 Å². The molecule has 1 rings (SSSR count). The topological polar surface area (TPSA) is 122 Å². The maximum absolute atomic E-state index is 10.9. The van der Waals surface area contributed by atoms with Gasteiger partial charge in [-0.05, 0) is 11.6 Å². The van der Waals surface area contributed by atoms with Crippen LogP contribution in [0.2, 0.25) is 5.02 Å². The van der Waals surface area contributed by atoms with E-state index in [9.17, 15) is 15.0 Å². The lowest BCUT2D eigenvalue weighted by Crippen LogP contribution is -2.22. The molecule has 7 nitrogen and oxygen atoms in total. The first-order valence-corrected chi connectivity index (χ1v) is 4.69. The molecule has 0 bridgehead atoms. The van der Waals surface area contributed by atoms with Gasteiger partial charge in [-0.3, -0.25) is 4.79 Å². The first-order chi connectivity index (χ1) is 7.56. The van der Waals surface area contributed by atoms with Crippen molar-refractivity contribution in [2.45, 2.75) is 12.2 Å². The molecule has 1 aromatic rings. The molecule has 86 valence electrons. The smallest absolute Gasteiger partial charge is 0.266 e. The summed E-state index contributed by atoms with van der Waals surface area (Å²) in [4.78, 5) is 15.7. The third-order valence-corrected chi connectivity index (χ3v) is 2.20. The maximum Gasteiger partial charge on any atom is 0.266 e. The monoisotopic (exact) mass is 244 g/mol. The van der Waals surface area contributed by atoms with Gasteiger partial charge in [0.2, 0.25) is 0 Å². The SMILES string of the molecule is [N-]=[N+]=NCC(O)C(O)c1c[nH]c(=O)c(Cl)c1. The van der Waals surface area contributed by atoms with Gasteiger partial charge in [-0.25, -0.2) is 0 Å². The molecule has 0 aliphatic carbocycles. The molecule has 0 saturated heterocycles. The number of hydrogen-bond acceptors (Lipinski definition) is 4. The summed E-state index contributed by atoms with van der Waals surface area (Å²) in [7, 11) is 0. The Morgan fingerprint density at radius 3 is 2.88 bits per heavy atom. The molecule has 0 aliphatic rings. The number of rotatable bonds is 4. The number of aliphatic hydroxyl groups is 2. The van der Waals surface area contributed by atoms with Crippen molar-refractivity contribution in [2.75, 3.05) is 6.54 Å². The number of aromatic amines is 1. The number of nitrogens with one attached hydrogen (secondary N) is 1.